The number of aryl methyl sites for hydroxylation is 1. The van der Waals surface area contributed by atoms with Crippen molar-refractivity contribution in [2.75, 3.05) is 13.2 Å². The van der Waals surface area contributed by atoms with Gasteiger partial charge in [0.25, 0.3) is 0 Å². The van der Waals surface area contributed by atoms with Gasteiger partial charge >= 0.3 is 0 Å². The van der Waals surface area contributed by atoms with Crippen molar-refractivity contribution in [3.63, 3.8) is 0 Å². The van der Waals surface area contributed by atoms with Gasteiger partial charge in [-0.15, -0.1) is 0 Å². The van der Waals surface area contributed by atoms with Crippen molar-refractivity contribution < 1.29 is 4.74 Å². The molecule has 1 aromatic carbocycles. The predicted molar refractivity (Wildman–Crippen MR) is 79.2 cm³/mol. The molecule has 3 heteroatoms. The molecule has 0 aromatic heterocycles. The molecule has 0 unspecified atom stereocenters. The Balaban J connectivity index is 1.84. The summed E-state index contributed by atoms with van der Waals surface area (Å²) in [7, 11) is 0. The zero-order chi connectivity index (χ0) is 13.2. The fourth-order valence-electron chi connectivity index (χ4n) is 1.76. The molecule has 0 radical (unpaired) electrons. The van der Waals surface area contributed by atoms with Gasteiger partial charge in [-0.05, 0) is 53.4 Å². The van der Waals surface area contributed by atoms with Crippen molar-refractivity contribution in [2.24, 2.45) is 5.41 Å². The van der Waals surface area contributed by atoms with Gasteiger partial charge in [-0.1, -0.05) is 19.9 Å². The highest BCUT2D eigenvalue weighted by Crippen LogP contribution is 2.28. The van der Waals surface area contributed by atoms with Gasteiger partial charge in [-0.2, -0.15) is 0 Å². The van der Waals surface area contributed by atoms with Crippen molar-refractivity contribution >= 4 is 15.9 Å². The van der Waals surface area contributed by atoms with E-state index in [1.807, 2.05) is 6.07 Å². The van der Waals surface area contributed by atoms with Crippen molar-refractivity contribution in [1.29, 1.82) is 0 Å². The van der Waals surface area contributed by atoms with E-state index in [1.165, 1.54) is 18.4 Å². The molecular weight excluding hydrogens is 290 g/mol. The summed E-state index contributed by atoms with van der Waals surface area (Å²) in [5, 5.41) is 3.57. The standard InChI is InChI=1S/C15H22BrNO/c1-11-4-7-14(13(16)8-11)18-10-15(2,3)9-17-12-5-6-12/h4,7-8,12,17H,5-6,9-10H2,1-3H3. The van der Waals surface area contributed by atoms with Crippen LogP contribution >= 0.6 is 15.9 Å². The van der Waals surface area contributed by atoms with E-state index in [0.29, 0.717) is 0 Å². The Kier molecular flexibility index (Phi) is 4.33. The maximum Gasteiger partial charge on any atom is 0.133 e. The molecule has 1 aromatic rings. The molecule has 2 rings (SSSR count). The predicted octanol–water partition coefficient (Wildman–Crippen LogP) is 3.91. The second-order valence-electron chi connectivity index (χ2n) is 6.04. The van der Waals surface area contributed by atoms with E-state index in [4.69, 9.17) is 4.74 Å². The average Bonchev–Trinajstić information content (AvgIpc) is 3.09. The summed E-state index contributed by atoms with van der Waals surface area (Å²) < 4.78 is 6.96. The van der Waals surface area contributed by atoms with Crippen LogP contribution in [0.1, 0.15) is 32.3 Å². The minimum Gasteiger partial charge on any atom is -0.492 e. The van der Waals surface area contributed by atoms with Gasteiger partial charge in [-0.3, -0.25) is 0 Å². The fourth-order valence-corrected chi connectivity index (χ4v) is 2.36. The van der Waals surface area contributed by atoms with Crippen molar-refractivity contribution in [2.45, 2.75) is 39.7 Å². The van der Waals surface area contributed by atoms with Crippen molar-refractivity contribution in [3.8, 4) is 5.75 Å². The van der Waals surface area contributed by atoms with Gasteiger partial charge in [0.2, 0.25) is 0 Å². The Labute approximate surface area is 118 Å². The quantitative estimate of drug-likeness (QED) is 0.860. The normalized spacial score (nSPS) is 15.8. The smallest absolute Gasteiger partial charge is 0.133 e. The van der Waals surface area contributed by atoms with Crippen LogP contribution in [0.2, 0.25) is 0 Å². The van der Waals surface area contributed by atoms with Gasteiger partial charge in [-0.25, -0.2) is 0 Å². The highest BCUT2D eigenvalue weighted by molar-refractivity contribution is 9.10. The molecule has 0 amide bonds. The van der Waals surface area contributed by atoms with E-state index >= 15 is 0 Å². The van der Waals surface area contributed by atoms with Gasteiger partial charge < -0.3 is 10.1 Å². The van der Waals surface area contributed by atoms with Gasteiger partial charge in [0.1, 0.15) is 5.75 Å². The lowest BCUT2D eigenvalue weighted by atomic mass is 9.95. The molecular formula is C15H22BrNO. The molecule has 0 heterocycles. The van der Waals surface area contributed by atoms with Crippen LogP contribution < -0.4 is 10.1 Å². The Hall–Kier alpha value is -0.540. The SMILES string of the molecule is Cc1ccc(OCC(C)(C)CNC2CC2)c(Br)c1. The summed E-state index contributed by atoms with van der Waals surface area (Å²) in [6.45, 7) is 8.31. The number of hydrogen-bond donors (Lipinski definition) is 1. The molecule has 18 heavy (non-hydrogen) atoms. The average molecular weight is 312 g/mol. The number of halogens is 1. The van der Waals surface area contributed by atoms with Crippen LogP contribution in [0.3, 0.4) is 0 Å². The first kappa shape index (κ1) is 13.9. The number of benzene rings is 1. The second kappa shape index (κ2) is 5.62. The van der Waals surface area contributed by atoms with Crippen molar-refractivity contribution in [1.82, 2.24) is 5.32 Å². The van der Waals surface area contributed by atoms with Crippen LogP contribution in [0.4, 0.5) is 0 Å². The minimum absolute atomic E-state index is 0.160. The third kappa shape index (κ3) is 4.29. The van der Waals surface area contributed by atoms with Gasteiger partial charge in [0.05, 0.1) is 11.1 Å². The number of nitrogens with one attached hydrogen (secondary N) is 1. The van der Waals surface area contributed by atoms with Crippen LogP contribution in [-0.2, 0) is 0 Å². The van der Waals surface area contributed by atoms with Gasteiger partial charge in [0, 0.05) is 18.0 Å². The molecule has 0 saturated heterocycles. The third-order valence-corrected chi connectivity index (χ3v) is 3.77. The van der Waals surface area contributed by atoms with Crippen LogP contribution in [0, 0.1) is 12.3 Å². The van der Waals surface area contributed by atoms with E-state index in [0.717, 1.165) is 29.4 Å². The van der Waals surface area contributed by atoms with E-state index in [-0.39, 0.29) is 5.41 Å². The van der Waals surface area contributed by atoms with E-state index in [9.17, 15) is 0 Å². The van der Waals surface area contributed by atoms with E-state index in [2.05, 4.69) is 54.2 Å². The Bertz CT molecular complexity index is 413. The fraction of sp³-hybridized carbons (Fsp3) is 0.600. The summed E-state index contributed by atoms with van der Waals surface area (Å²) in [5.74, 6) is 0.931. The Morgan fingerprint density at radius 3 is 2.72 bits per heavy atom. The molecule has 0 spiro atoms. The molecule has 0 bridgehead atoms. The first-order valence-corrected chi connectivity index (χ1v) is 7.38. The zero-order valence-electron chi connectivity index (χ0n) is 11.4. The molecule has 0 atom stereocenters. The largest absolute Gasteiger partial charge is 0.492 e. The molecule has 1 fully saturated rings. The maximum atomic E-state index is 5.92. The van der Waals surface area contributed by atoms with Crippen LogP contribution in [0.25, 0.3) is 0 Å². The maximum absolute atomic E-state index is 5.92. The highest BCUT2D eigenvalue weighted by Gasteiger charge is 2.25. The molecule has 0 aliphatic heterocycles. The second-order valence-corrected chi connectivity index (χ2v) is 6.90. The minimum atomic E-state index is 0.160. The summed E-state index contributed by atoms with van der Waals surface area (Å²) in [5.41, 5.74) is 1.40. The van der Waals surface area contributed by atoms with Crippen LogP contribution in [-0.4, -0.2) is 19.2 Å². The first-order valence-electron chi connectivity index (χ1n) is 6.59. The molecule has 1 N–H and O–H groups in total. The topological polar surface area (TPSA) is 21.3 Å². The Morgan fingerprint density at radius 2 is 2.11 bits per heavy atom. The molecule has 1 aliphatic rings. The molecule has 2 nitrogen and oxygen atoms in total. The monoisotopic (exact) mass is 311 g/mol. The lowest BCUT2D eigenvalue weighted by Gasteiger charge is -2.25. The Morgan fingerprint density at radius 1 is 1.39 bits per heavy atom. The molecule has 100 valence electrons. The lowest BCUT2D eigenvalue weighted by molar-refractivity contribution is 0.175. The first-order chi connectivity index (χ1) is 8.46. The highest BCUT2D eigenvalue weighted by atomic mass is 79.9. The number of ether oxygens (including phenoxy) is 1. The zero-order valence-corrected chi connectivity index (χ0v) is 13.0. The number of hydrogen-bond acceptors (Lipinski definition) is 2. The number of rotatable bonds is 6. The summed E-state index contributed by atoms with van der Waals surface area (Å²) in [6, 6.07) is 6.96. The lowest BCUT2D eigenvalue weighted by Crippen LogP contribution is -2.35. The van der Waals surface area contributed by atoms with E-state index in [1.54, 1.807) is 0 Å². The van der Waals surface area contributed by atoms with Crippen LogP contribution in [0.15, 0.2) is 22.7 Å². The summed E-state index contributed by atoms with van der Waals surface area (Å²) in [6.07, 6.45) is 2.67. The van der Waals surface area contributed by atoms with Gasteiger partial charge in [0.15, 0.2) is 0 Å². The summed E-state index contributed by atoms with van der Waals surface area (Å²) in [4.78, 5) is 0. The summed E-state index contributed by atoms with van der Waals surface area (Å²) >= 11 is 3.55. The molecule has 1 aliphatic carbocycles. The third-order valence-electron chi connectivity index (χ3n) is 3.15. The van der Waals surface area contributed by atoms with Crippen molar-refractivity contribution in [3.05, 3.63) is 28.2 Å². The molecule has 1 saturated carbocycles. The van der Waals surface area contributed by atoms with Crippen LogP contribution in [0.5, 0.6) is 5.75 Å². The van der Waals surface area contributed by atoms with E-state index < -0.39 is 0 Å².